The van der Waals surface area contributed by atoms with Crippen molar-refractivity contribution in [2.45, 2.75) is 25.3 Å². The number of amides is 1. The first-order valence-electron chi connectivity index (χ1n) is 7.60. The van der Waals surface area contributed by atoms with Crippen molar-refractivity contribution in [3.63, 3.8) is 0 Å². The van der Waals surface area contributed by atoms with Gasteiger partial charge in [0, 0.05) is 5.92 Å². The molecule has 0 spiro atoms. The second kappa shape index (κ2) is 5.68. The van der Waals surface area contributed by atoms with Crippen LogP contribution in [0.4, 0.5) is 0 Å². The summed E-state index contributed by atoms with van der Waals surface area (Å²) in [5.74, 6) is 0.344. The molecule has 2 aromatic heterocycles. The van der Waals surface area contributed by atoms with Gasteiger partial charge in [0.1, 0.15) is 0 Å². The molecule has 1 fully saturated rings. The first-order chi connectivity index (χ1) is 11.3. The Morgan fingerprint density at radius 3 is 2.91 bits per heavy atom. The highest BCUT2D eigenvalue weighted by molar-refractivity contribution is 5.91. The van der Waals surface area contributed by atoms with Gasteiger partial charge in [0.25, 0.3) is 5.91 Å². The van der Waals surface area contributed by atoms with Crippen LogP contribution in [0.3, 0.4) is 0 Å². The molecule has 1 saturated carbocycles. The molecule has 116 valence electrons. The Kier molecular flexibility index (Phi) is 3.38. The number of aromatic nitrogens is 5. The van der Waals surface area contributed by atoms with E-state index in [0.29, 0.717) is 12.5 Å². The zero-order chi connectivity index (χ0) is 15.6. The van der Waals surface area contributed by atoms with Gasteiger partial charge in [0.15, 0.2) is 5.69 Å². The number of benzene rings is 1. The summed E-state index contributed by atoms with van der Waals surface area (Å²) in [5.41, 5.74) is 3.14. The minimum atomic E-state index is -0.255. The standard InChI is InChI=1S/C16H16N6O/c23-16(17-9-12-8-14(19-18-12)11-6-7-11)15-10-22(21-20-15)13-4-2-1-3-5-13/h1-5,8,10-11H,6-7,9H2,(H,17,23)(H,18,19). The van der Waals surface area contributed by atoms with E-state index >= 15 is 0 Å². The smallest absolute Gasteiger partial charge is 0.273 e. The number of aromatic amines is 1. The average Bonchev–Trinajstić information content (AvgIpc) is 3.14. The molecule has 0 aliphatic heterocycles. The topological polar surface area (TPSA) is 88.5 Å². The number of rotatable bonds is 5. The molecule has 2 N–H and O–H groups in total. The lowest BCUT2D eigenvalue weighted by atomic mass is 10.2. The van der Waals surface area contributed by atoms with Gasteiger partial charge >= 0.3 is 0 Å². The van der Waals surface area contributed by atoms with Gasteiger partial charge in [-0.2, -0.15) is 5.10 Å². The molecule has 1 aromatic carbocycles. The minimum Gasteiger partial charge on any atom is -0.345 e. The van der Waals surface area contributed by atoms with Crippen LogP contribution in [0.15, 0.2) is 42.6 Å². The third kappa shape index (κ3) is 2.98. The van der Waals surface area contributed by atoms with E-state index in [1.807, 2.05) is 36.4 Å². The first kappa shape index (κ1) is 13.7. The fourth-order valence-electron chi connectivity index (χ4n) is 2.40. The van der Waals surface area contributed by atoms with Gasteiger partial charge in [-0.05, 0) is 31.0 Å². The van der Waals surface area contributed by atoms with Gasteiger partial charge in [0.2, 0.25) is 0 Å². The Bertz CT molecular complexity index is 818. The number of hydrogen-bond acceptors (Lipinski definition) is 4. The fraction of sp³-hybridized carbons (Fsp3) is 0.250. The summed E-state index contributed by atoms with van der Waals surface area (Å²) in [6, 6.07) is 11.6. The second-order valence-electron chi connectivity index (χ2n) is 5.66. The predicted molar refractivity (Wildman–Crippen MR) is 83.1 cm³/mol. The van der Waals surface area contributed by atoms with Crippen LogP contribution < -0.4 is 5.32 Å². The van der Waals surface area contributed by atoms with E-state index in [9.17, 15) is 4.79 Å². The van der Waals surface area contributed by atoms with Crippen LogP contribution in [0.1, 0.15) is 40.6 Å². The normalized spacial score (nSPS) is 13.9. The molecule has 23 heavy (non-hydrogen) atoms. The monoisotopic (exact) mass is 308 g/mol. The maximum atomic E-state index is 12.2. The molecule has 0 radical (unpaired) electrons. The van der Waals surface area contributed by atoms with E-state index in [1.165, 1.54) is 12.8 Å². The van der Waals surface area contributed by atoms with Crippen LogP contribution in [0.25, 0.3) is 5.69 Å². The predicted octanol–water partition coefficient (Wildman–Crippen LogP) is 1.80. The number of hydrogen-bond donors (Lipinski definition) is 2. The summed E-state index contributed by atoms with van der Waals surface area (Å²) in [6.07, 6.45) is 4.03. The van der Waals surface area contributed by atoms with Crippen LogP contribution in [-0.4, -0.2) is 31.1 Å². The Balaban J connectivity index is 1.39. The second-order valence-corrected chi connectivity index (χ2v) is 5.66. The average molecular weight is 308 g/mol. The third-order valence-corrected chi connectivity index (χ3v) is 3.83. The Hall–Kier alpha value is -2.96. The zero-order valence-electron chi connectivity index (χ0n) is 12.4. The van der Waals surface area contributed by atoms with Gasteiger partial charge in [-0.3, -0.25) is 9.89 Å². The van der Waals surface area contributed by atoms with Gasteiger partial charge in [-0.1, -0.05) is 23.4 Å². The highest BCUT2D eigenvalue weighted by Gasteiger charge is 2.26. The summed E-state index contributed by atoms with van der Waals surface area (Å²) in [7, 11) is 0. The van der Waals surface area contributed by atoms with E-state index in [1.54, 1.807) is 10.9 Å². The Labute approximate surface area is 132 Å². The fourth-order valence-corrected chi connectivity index (χ4v) is 2.40. The SMILES string of the molecule is O=C(NCc1cc(C2CC2)n[nH]1)c1cn(-c2ccccc2)nn1. The number of H-pyrrole nitrogens is 1. The van der Waals surface area contributed by atoms with Crippen molar-refractivity contribution in [2.24, 2.45) is 0 Å². The molecule has 4 rings (SSSR count). The molecule has 2 heterocycles. The minimum absolute atomic E-state index is 0.255. The number of para-hydroxylation sites is 1. The third-order valence-electron chi connectivity index (χ3n) is 3.83. The maximum Gasteiger partial charge on any atom is 0.273 e. The molecular weight excluding hydrogens is 292 g/mol. The number of carbonyl (C=O) groups excluding carboxylic acids is 1. The van der Waals surface area contributed by atoms with Crippen molar-refractivity contribution in [2.75, 3.05) is 0 Å². The molecule has 0 saturated heterocycles. The number of carbonyl (C=O) groups is 1. The molecule has 3 aromatic rings. The molecule has 1 aliphatic carbocycles. The largest absolute Gasteiger partial charge is 0.345 e. The lowest BCUT2D eigenvalue weighted by molar-refractivity contribution is 0.0945. The first-order valence-corrected chi connectivity index (χ1v) is 7.60. The summed E-state index contributed by atoms with van der Waals surface area (Å²) >= 11 is 0. The molecule has 0 unspecified atom stereocenters. The van der Waals surface area contributed by atoms with E-state index in [0.717, 1.165) is 17.1 Å². The molecule has 0 atom stereocenters. The molecule has 7 nitrogen and oxygen atoms in total. The van der Waals surface area contributed by atoms with E-state index in [-0.39, 0.29) is 11.6 Å². The van der Waals surface area contributed by atoms with Crippen molar-refractivity contribution in [3.05, 3.63) is 59.7 Å². The van der Waals surface area contributed by atoms with Crippen molar-refractivity contribution in [3.8, 4) is 5.69 Å². The summed E-state index contributed by atoms with van der Waals surface area (Å²) in [5, 5.41) is 18.0. The maximum absolute atomic E-state index is 12.2. The Morgan fingerprint density at radius 2 is 2.13 bits per heavy atom. The zero-order valence-corrected chi connectivity index (χ0v) is 12.4. The van der Waals surface area contributed by atoms with Crippen molar-refractivity contribution in [1.29, 1.82) is 0 Å². The quantitative estimate of drug-likeness (QED) is 0.752. The summed E-state index contributed by atoms with van der Waals surface area (Å²) in [4.78, 5) is 12.2. The van der Waals surface area contributed by atoms with Crippen LogP contribution in [0.5, 0.6) is 0 Å². The van der Waals surface area contributed by atoms with Crippen molar-refractivity contribution < 1.29 is 4.79 Å². The summed E-state index contributed by atoms with van der Waals surface area (Å²) < 4.78 is 1.58. The van der Waals surface area contributed by atoms with E-state index in [4.69, 9.17) is 0 Å². The van der Waals surface area contributed by atoms with Gasteiger partial charge in [0.05, 0.1) is 29.8 Å². The van der Waals surface area contributed by atoms with Crippen LogP contribution in [-0.2, 0) is 6.54 Å². The molecule has 1 amide bonds. The highest BCUT2D eigenvalue weighted by Crippen LogP contribution is 2.38. The molecule has 1 aliphatic rings. The van der Waals surface area contributed by atoms with Crippen LogP contribution in [0.2, 0.25) is 0 Å². The van der Waals surface area contributed by atoms with Crippen LogP contribution in [0, 0.1) is 0 Å². The molecule has 0 bridgehead atoms. The lowest BCUT2D eigenvalue weighted by Gasteiger charge is -2.00. The number of nitrogens with zero attached hydrogens (tertiary/aromatic N) is 4. The van der Waals surface area contributed by atoms with Gasteiger partial charge in [-0.15, -0.1) is 5.10 Å². The number of nitrogens with one attached hydrogen (secondary N) is 2. The van der Waals surface area contributed by atoms with Crippen LogP contribution >= 0.6 is 0 Å². The van der Waals surface area contributed by atoms with E-state index in [2.05, 4.69) is 25.8 Å². The van der Waals surface area contributed by atoms with E-state index < -0.39 is 0 Å². The Morgan fingerprint density at radius 1 is 1.30 bits per heavy atom. The van der Waals surface area contributed by atoms with Crippen molar-refractivity contribution in [1.82, 2.24) is 30.5 Å². The summed E-state index contributed by atoms with van der Waals surface area (Å²) in [6.45, 7) is 0.400. The van der Waals surface area contributed by atoms with Gasteiger partial charge in [-0.25, -0.2) is 4.68 Å². The van der Waals surface area contributed by atoms with Gasteiger partial charge < -0.3 is 5.32 Å². The van der Waals surface area contributed by atoms with Crippen molar-refractivity contribution >= 4 is 5.91 Å². The molecular formula is C16H16N6O. The molecule has 7 heteroatoms. The highest BCUT2D eigenvalue weighted by atomic mass is 16.2. The lowest BCUT2D eigenvalue weighted by Crippen LogP contribution is -2.23.